The first-order valence-corrected chi connectivity index (χ1v) is 17.2. The van der Waals surface area contributed by atoms with Crippen LogP contribution in [0.15, 0.2) is 24.0 Å². The fourth-order valence-electron chi connectivity index (χ4n) is 12.2. The molecule has 51 heavy (non-hydrogen) atoms. The second-order valence-electron chi connectivity index (χ2n) is 15.8. The average Bonchev–Trinajstić information content (AvgIpc) is 3.47. The van der Waals surface area contributed by atoms with Crippen molar-refractivity contribution in [3.05, 3.63) is 24.0 Å². The lowest BCUT2D eigenvalue weighted by Crippen LogP contribution is -2.79. The number of allylic oxidation sites excluding steroid dienone is 1. The van der Waals surface area contributed by atoms with Gasteiger partial charge in [0.05, 0.1) is 52.0 Å². The van der Waals surface area contributed by atoms with Gasteiger partial charge in [-0.2, -0.15) is 0 Å². The van der Waals surface area contributed by atoms with Crippen molar-refractivity contribution in [3.8, 4) is 0 Å². The third kappa shape index (κ3) is 3.65. The fraction of sp³-hybridized carbons (Fsp3) is 0.771. The molecule has 4 saturated heterocycles. The molecular weight excluding hydrogens is 676 g/mol. The van der Waals surface area contributed by atoms with Crippen LogP contribution < -0.4 is 0 Å². The molecule has 0 aromatic rings. The molecule has 0 unspecified atom stereocenters. The molecule has 0 radical (unpaired) electrons. The molecule has 7 fully saturated rings. The van der Waals surface area contributed by atoms with Gasteiger partial charge in [-0.25, -0.2) is 9.59 Å². The van der Waals surface area contributed by atoms with E-state index in [-0.39, 0.29) is 18.4 Å². The number of hydrogen-bond acceptors (Lipinski definition) is 16. The summed E-state index contributed by atoms with van der Waals surface area (Å²) < 4.78 is 54.0. The third-order valence-corrected chi connectivity index (χ3v) is 14.1. The van der Waals surface area contributed by atoms with Crippen molar-refractivity contribution >= 4 is 23.9 Å². The zero-order chi connectivity index (χ0) is 36.9. The Balaban J connectivity index is 1.40. The van der Waals surface area contributed by atoms with Crippen molar-refractivity contribution in [2.75, 3.05) is 27.4 Å². The van der Waals surface area contributed by atoms with Crippen LogP contribution in [-0.4, -0.2) is 126 Å². The largest absolute Gasteiger partial charge is 0.469 e. The zero-order valence-electron chi connectivity index (χ0n) is 29.4. The second-order valence-corrected chi connectivity index (χ2v) is 15.8. The molecule has 16 heteroatoms. The summed E-state index contributed by atoms with van der Waals surface area (Å²) >= 11 is 0. The molecule has 5 aliphatic heterocycles. The van der Waals surface area contributed by atoms with E-state index in [0.717, 1.165) is 14.2 Å². The highest BCUT2D eigenvalue weighted by Crippen LogP contribution is 2.83. The Kier molecular flexibility index (Phi) is 7.20. The van der Waals surface area contributed by atoms with Gasteiger partial charge in [-0.05, 0) is 33.3 Å². The number of methoxy groups -OCH3 is 2. The van der Waals surface area contributed by atoms with Gasteiger partial charge < -0.3 is 58.0 Å². The highest BCUT2D eigenvalue weighted by atomic mass is 16.7. The number of aliphatic hydroxyl groups excluding tert-OH is 1. The Hall–Kier alpha value is -3.12. The second kappa shape index (κ2) is 10.5. The number of rotatable bonds is 6. The van der Waals surface area contributed by atoms with Crippen LogP contribution in [0, 0.1) is 34.0 Å². The number of aliphatic hydroxyl groups is 3. The molecule has 16 nitrogen and oxygen atoms in total. The van der Waals surface area contributed by atoms with Crippen molar-refractivity contribution in [1.29, 1.82) is 0 Å². The molecule has 0 amide bonds. The summed E-state index contributed by atoms with van der Waals surface area (Å²) in [6.07, 6.45) is -3.11. The standard InChI is InChI=1S/C35H44O16/c1-8-15(2)24(38)49-18-12-19(48-16(3)36)32(26(39)43-6)13-46-21-22(32)31(18)14-47-34(42,27(40)44-7)25(31)29(4,23(21)37)35-20-11-17(30(35,5)51-35)33(41)9-10-45-28(33)50-20/h8-10,17-23,25,28,37,41-42H,11-14H2,1-7H3/b15-8+/t17-,18+,19-,20+,21-,22-,23-,25+,28+,29-,30-,31+,32+,33-,34+,35+/m1/s1. The molecule has 5 heterocycles. The number of fused-ring (bicyclic) bond motifs is 7. The highest BCUT2D eigenvalue weighted by molar-refractivity contribution is 5.88. The van der Waals surface area contributed by atoms with Gasteiger partial charge in [0, 0.05) is 47.5 Å². The summed E-state index contributed by atoms with van der Waals surface area (Å²) in [5, 5.41) is 37.4. The predicted molar refractivity (Wildman–Crippen MR) is 164 cm³/mol. The first-order valence-electron chi connectivity index (χ1n) is 17.2. The van der Waals surface area contributed by atoms with Crippen LogP contribution in [-0.2, 0) is 61.8 Å². The Morgan fingerprint density at radius 1 is 0.961 bits per heavy atom. The maximum atomic E-state index is 14.2. The number of esters is 4. The first kappa shape index (κ1) is 34.9. The van der Waals surface area contributed by atoms with E-state index in [1.807, 2.05) is 0 Å². The maximum Gasteiger partial charge on any atom is 0.366 e. The van der Waals surface area contributed by atoms with E-state index in [0.29, 0.717) is 0 Å². The lowest BCUT2D eigenvalue weighted by Gasteiger charge is -2.65. The van der Waals surface area contributed by atoms with Gasteiger partial charge in [0.25, 0.3) is 5.79 Å². The van der Waals surface area contributed by atoms with Crippen LogP contribution in [0.25, 0.3) is 0 Å². The Labute approximate surface area is 293 Å². The number of carbonyl (C=O) groups excluding carboxylic acids is 4. The summed E-state index contributed by atoms with van der Waals surface area (Å²) in [5.74, 6) is -9.76. The van der Waals surface area contributed by atoms with E-state index in [9.17, 15) is 34.5 Å². The summed E-state index contributed by atoms with van der Waals surface area (Å²) in [6.45, 7) is 6.88. The molecule has 0 aromatic heterocycles. The van der Waals surface area contributed by atoms with E-state index < -0.39 is 130 Å². The van der Waals surface area contributed by atoms with Crippen molar-refractivity contribution < 1.29 is 77.1 Å². The zero-order valence-corrected chi connectivity index (χ0v) is 29.4. The Bertz CT molecular complexity index is 1660. The molecule has 3 aliphatic carbocycles. The number of ether oxygens (including phenoxy) is 9. The molecule has 8 rings (SSSR count). The fourth-order valence-corrected chi connectivity index (χ4v) is 12.2. The topological polar surface area (TPSA) is 215 Å². The van der Waals surface area contributed by atoms with Crippen molar-refractivity contribution in [1.82, 2.24) is 0 Å². The number of hydrogen-bond donors (Lipinski definition) is 3. The van der Waals surface area contributed by atoms with Crippen molar-refractivity contribution in [3.63, 3.8) is 0 Å². The highest BCUT2D eigenvalue weighted by Gasteiger charge is 2.97. The number of epoxide rings is 1. The van der Waals surface area contributed by atoms with E-state index in [1.54, 1.807) is 33.8 Å². The SMILES string of the molecule is C/C=C(\C)C(=O)O[C@H]1C[C@@H](OC(C)=O)[C@@]2(C(=O)OC)CO[C@H]3[C@@H](O)[C@@](C)([C@]45O[C@]4(C)[C@H]4C[C@@H]5O[C@@H]5OC=C[C@]54O)[C@H]4[C@]1(CO[C@]4(O)C(=O)OC)[C@@H]32. The third-order valence-electron chi connectivity index (χ3n) is 14.1. The molecule has 3 saturated carbocycles. The molecule has 280 valence electrons. The van der Waals surface area contributed by atoms with Gasteiger partial charge in [0.15, 0.2) is 5.60 Å². The quantitative estimate of drug-likeness (QED) is 0.140. The van der Waals surface area contributed by atoms with Gasteiger partial charge in [0.2, 0.25) is 6.29 Å². The minimum Gasteiger partial charge on any atom is -0.469 e. The summed E-state index contributed by atoms with van der Waals surface area (Å²) in [5.41, 5.74) is -9.47. The van der Waals surface area contributed by atoms with E-state index >= 15 is 0 Å². The van der Waals surface area contributed by atoms with Crippen molar-refractivity contribution in [2.24, 2.45) is 34.0 Å². The molecule has 3 N–H and O–H groups in total. The Morgan fingerprint density at radius 3 is 2.31 bits per heavy atom. The minimum absolute atomic E-state index is 0.235. The molecule has 16 atom stereocenters. The van der Waals surface area contributed by atoms with Crippen LogP contribution in [0.2, 0.25) is 0 Å². The van der Waals surface area contributed by atoms with Gasteiger partial charge in [-0.3, -0.25) is 9.59 Å². The van der Waals surface area contributed by atoms with E-state index in [1.165, 1.54) is 19.3 Å². The molecular formula is C35H44O16. The summed E-state index contributed by atoms with van der Waals surface area (Å²) in [7, 11) is 2.23. The van der Waals surface area contributed by atoms with Crippen LogP contribution in [0.1, 0.15) is 47.5 Å². The summed E-state index contributed by atoms with van der Waals surface area (Å²) in [6, 6.07) is 0. The van der Waals surface area contributed by atoms with Gasteiger partial charge in [-0.1, -0.05) is 13.0 Å². The lowest BCUT2D eigenvalue weighted by atomic mass is 9.37. The maximum absolute atomic E-state index is 14.2. The monoisotopic (exact) mass is 720 g/mol. The molecule has 8 aliphatic rings. The Morgan fingerprint density at radius 2 is 1.67 bits per heavy atom. The molecule has 2 bridgehead atoms. The van der Waals surface area contributed by atoms with Gasteiger partial charge in [0.1, 0.15) is 28.8 Å². The minimum atomic E-state index is -2.82. The van der Waals surface area contributed by atoms with Crippen LogP contribution in [0.4, 0.5) is 0 Å². The average molecular weight is 721 g/mol. The van der Waals surface area contributed by atoms with Crippen LogP contribution in [0.5, 0.6) is 0 Å². The van der Waals surface area contributed by atoms with E-state index in [2.05, 4.69) is 0 Å². The lowest BCUT2D eigenvalue weighted by molar-refractivity contribution is -0.314. The smallest absolute Gasteiger partial charge is 0.366 e. The molecule has 0 aromatic carbocycles. The normalized spacial score (nSPS) is 53.9. The van der Waals surface area contributed by atoms with E-state index in [4.69, 9.17) is 42.6 Å². The van der Waals surface area contributed by atoms with Crippen LogP contribution >= 0.6 is 0 Å². The molecule has 1 spiro atoms. The summed E-state index contributed by atoms with van der Waals surface area (Å²) in [4.78, 5) is 54.4. The first-order chi connectivity index (χ1) is 23.9. The number of carbonyl (C=O) groups is 4. The van der Waals surface area contributed by atoms with Gasteiger partial charge in [-0.15, -0.1) is 0 Å². The predicted octanol–water partition coefficient (Wildman–Crippen LogP) is -0.203. The van der Waals surface area contributed by atoms with Crippen molar-refractivity contribution in [2.45, 2.75) is 107 Å². The van der Waals surface area contributed by atoms with Gasteiger partial charge >= 0.3 is 23.9 Å². The van der Waals surface area contributed by atoms with Crippen LogP contribution in [0.3, 0.4) is 0 Å².